The Balaban J connectivity index is 1.57. The third kappa shape index (κ3) is 1.84. The number of rotatable bonds is 2. The molecule has 0 amide bonds. The van der Waals surface area contributed by atoms with Crippen LogP contribution in [-0.2, 0) is 4.79 Å². The average molecular weight is 386 g/mol. The molecule has 5 aliphatic carbocycles. The summed E-state index contributed by atoms with van der Waals surface area (Å²) in [6.45, 7) is 11.6. The van der Waals surface area contributed by atoms with E-state index in [-0.39, 0.29) is 27.8 Å². The van der Waals surface area contributed by atoms with E-state index in [1.165, 1.54) is 32.1 Å². The van der Waals surface area contributed by atoms with Crippen LogP contribution in [0.4, 0.5) is 0 Å². The number of ketones is 1. The molecule has 9 atom stereocenters. The van der Waals surface area contributed by atoms with Crippen LogP contribution in [0.3, 0.4) is 0 Å². The highest BCUT2D eigenvalue weighted by atomic mass is 16.3. The zero-order valence-electron chi connectivity index (χ0n) is 18.6. The van der Waals surface area contributed by atoms with Gasteiger partial charge in [0.25, 0.3) is 0 Å². The SMILES string of the molecule is CN[C@@H](C)[C@H]1[C@H](O)CC2(C)[C@@H]3CC[C@H]4C(C)(C)C(=O)C=CC45CC35CC[C@]12C. The molecule has 0 radical (unpaired) electrons. The van der Waals surface area contributed by atoms with Crippen molar-refractivity contribution in [3.8, 4) is 0 Å². The summed E-state index contributed by atoms with van der Waals surface area (Å²) in [5.74, 6) is 1.83. The lowest BCUT2D eigenvalue weighted by Gasteiger charge is -2.61. The molecule has 4 fully saturated rings. The molecule has 156 valence electrons. The molecule has 0 aromatic carbocycles. The quantitative estimate of drug-likeness (QED) is 0.743. The topological polar surface area (TPSA) is 49.3 Å². The van der Waals surface area contributed by atoms with Gasteiger partial charge in [-0.2, -0.15) is 0 Å². The summed E-state index contributed by atoms with van der Waals surface area (Å²) in [7, 11) is 2.04. The van der Waals surface area contributed by atoms with Gasteiger partial charge in [-0.3, -0.25) is 4.79 Å². The first-order valence-corrected chi connectivity index (χ1v) is 11.6. The van der Waals surface area contributed by atoms with E-state index < -0.39 is 0 Å². The van der Waals surface area contributed by atoms with Crippen molar-refractivity contribution in [2.75, 3.05) is 7.05 Å². The Morgan fingerprint density at radius 2 is 1.79 bits per heavy atom. The molecule has 4 saturated carbocycles. The third-order valence-corrected chi connectivity index (χ3v) is 11.4. The number of carbonyl (C=O) groups is 1. The number of allylic oxidation sites excluding steroid dienone is 2. The van der Waals surface area contributed by atoms with Crippen LogP contribution >= 0.6 is 0 Å². The Kier molecular flexibility index (Phi) is 3.67. The standard InChI is InChI=1S/C25H39NO2/c1-15(26-6)20-16(27)13-23(5)18-8-7-17-21(2,3)19(28)9-10-24(17)14-25(18,24)12-11-22(20,23)4/h9-10,15-18,20,26-27H,7-8,11-14H2,1-6H3/t15-,16+,17-,18-,20-,22+,23?,24?,25?/m0/s1. The van der Waals surface area contributed by atoms with Crippen molar-refractivity contribution in [1.82, 2.24) is 5.32 Å². The van der Waals surface area contributed by atoms with Crippen LogP contribution in [0.2, 0.25) is 0 Å². The normalized spacial score (nSPS) is 57.0. The minimum atomic E-state index is -0.219. The number of aliphatic hydroxyl groups is 1. The highest BCUT2D eigenvalue weighted by Crippen LogP contribution is 2.87. The lowest BCUT2D eigenvalue weighted by Crippen LogP contribution is -2.57. The van der Waals surface area contributed by atoms with Crippen LogP contribution in [0.1, 0.15) is 73.1 Å². The highest BCUT2D eigenvalue weighted by Gasteiger charge is 2.82. The minimum absolute atomic E-state index is 0.186. The average Bonchev–Trinajstić information content (AvgIpc) is 3.24. The van der Waals surface area contributed by atoms with Crippen LogP contribution in [0.15, 0.2) is 12.2 Å². The van der Waals surface area contributed by atoms with Gasteiger partial charge < -0.3 is 10.4 Å². The minimum Gasteiger partial charge on any atom is -0.393 e. The molecular weight excluding hydrogens is 346 g/mol. The molecule has 0 heterocycles. The molecule has 28 heavy (non-hydrogen) atoms. The zero-order chi connectivity index (χ0) is 20.3. The van der Waals surface area contributed by atoms with E-state index in [1.807, 2.05) is 13.1 Å². The first-order chi connectivity index (χ1) is 13.0. The summed E-state index contributed by atoms with van der Waals surface area (Å²) in [5, 5.41) is 14.6. The molecule has 0 aromatic heterocycles. The molecule has 0 bridgehead atoms. The number of carbonyl (C=O) groups excluding carboxylic acids is 1. The van der Waals surface area contributed by atoms with Crippen LogP contribution in [0, 0.1) is 44.8 Å². The fraction of sp³-hybridized carbons (Fsp3) is 0.880. The molecule has 5 rings (SSSR count). The van der Waals surface area contributed by atoms with E-state index in [1.54, 1.807) is 0 Å². The zero-order valence-corrected chi connectivity index (χ0v) is 18.6. The number of nitrogens with one attached hydrogen (secondary N) is 1. The molecule has 2 spiro atoms. The Morgan fingerprint density at radius 3 is 2.46 bits per heavy atom. The summed E-state index contributed by atoms with van der Waals surface area (Å²) < 4.78 is 0. The van der Waals surface area contributed by atoms with Crippen molar-refractivity contribution in [3.05, 3.63) is 12.2 Å². The maximum Gasteiger partial charge on any atom is 0.161 e. The molecular formula is C25H39NO2. The van der Waals surface area contributed by atoms with Crippen LogP contribution in [0.5, 0.6) is 0 Å². The number of fused-ring (bicyclic) bond motifs is 2. The predicted octanol–water partition coefficient (Wildman–Crippen LogP) is 4.35. The lowest BCUT2D eigenvalue weighted by molar-refractivity contribution is -0.140. The Hall–Kier alpha value is -0.670. The maximum atomic E-state index is 12.7. The number of hydrogen-bond acceptors (Lipinski definition) is 3. The lowest BCUT2D eigenvalue weighted by atomic mass is 9.42. The van der Waals surface area contributed by atoms with E-state index in [4.69, 9.17) is 0 Å². The fourth-order valence-electron chi connectivity index (χ4n) is 9.78. The first kappa shape index (κ1) is 19.3. The molecule has 2 N–H and O–H groups in total. The largest absolute Gasteiger partial charge is 0.393 e. The van der Waals surface area contributed by atoms with Gasteiger partial charge in [-0.1, -0.05) is 33.8 Å². The van der Waals surface area contributed by atoms with E-state index in [2.05, 4.69) is 46.0 Å². The monoisotopic (exact) mass is 385 g/mol. The van der Waals surface area contributed by atoms with Crippen LogP contribution in [0.25, 0.3) is 0 Å². The summed E-state index contributed by atoms with van der Waals surface area (Å²) in [6.07, 6.45) is 11.2. The van der Waals surface area contributed by atoms with Gasteiger partial charge in [-0.05, 0) is 92.1 Å². The number of aliphatic hydroxyl groups excluding tert-OH is 1. The van der Waals surface area contributed by atoms with Gasteiger partial charge in [-0.25, -0.2) is 0 Å². The molecule has 3 nitrogen and oxygen atoms in total. The van der Waals surface area contributed by atoms with Crippen molar-refractivity contribution in [1.29, 1.82) is 0 Å². The second kappa shape index (κ2) is 5.32. The van der Waals surface area contributed by atoms with Crippen molar-refractivity contribution < 1.29 is 9.90 Å². The second-order valence-electron chi connectivity index (χ2n) is 12.2. The maximum absolute atomic E-state index is 12.7. The van der Waals surface area contributed by atoms with Gasteiger partial charge in [0.1, 0.15) is 0 Å². The van der Waals surface area contributed by atoms with Crippen LogP contribution < -0.4 is 5.32 Å². The first-order valence-electron chi connectivity index (χ1n) is 11.6. The van der Waals surface area contributed by atoms with Gasteiger partial charge >= 0.3 is 0 Å². The van der Waals surface area contributed by atoms with Crippen LogP contribution in [-0.4, -0.2) is 30.1 Å². The molecule has 5 aliphatic rings. The molecule has 0 aliphatic heterocycles. The van der Waals surface area contributed by atoms with Crippen molar-refractivity contribution in [3.63, 3.8) is 0 Å². The van der Waals surface area contributed by atoms with E-state index in [9.17, 15) is 9.90 Å². The smallest absolute Gasteiger partial charge is 0.161 e. The highest BCUT2D eigenvalue weighted by molar-refractivity contribution is 5.96. The van der Waals surface area contributed by atoms with Gasteiger partial charge in [0, 0.05) is 17.4 Å². The fourth-order valence-corrected chi connectivity index (χ4v) is 9.78. The summed E-state index contributed by atoms with van der Waals surface area (Å²) >= 11 is 0. The molecule has 3 unspecified atom stereocenters. The third-order valence-electron chi connectivity index (χ3n) is 11.4. The van der Waals surface area contributed by atoms with Crippen molar-refractivity contribution >= 4 is 5.78 Å². The summed E-state index contributed by atoms with van der Waals surface area (Å²) in [6, 6.07) is 0.339. The van der Waals surface area contributed by atoms with Crippen molar-refractivity contribution in [2.45, 2.75) is 85.3 Å². The summed E-state index contributed by atoms with van der Waals surface area (Å²) in [5.41, 5.74) is 0.772. The van der Waals surface area contributed by atoms with Crippen molar-refractivity contribution in [2.24, 2.45) is 44.8 Å². The second-order valence-corrected chi connectivity index (χ2v) is 12.2. The molecule has 0 aromatic rings. The Bertz CT molecular complexity index is 758. The summed E-state index contributed by atoms with van der Waals surface area (Å²) in [4.78, 5) is 12.7. The van der Waals surface area contributed by atoms with Gasteiger partial charge in [0.2, 0.25) is 0 Å². The van der Waals surface area contributed by atoms with Gasteiger partial charge in [-0.15, -0.1) is 0 Å². The Labute approximate surface area is 170 Å². The van der Waals surface area contributed by atoms with Gasteiger partial charge in [0.05, 0.1) is 6.10 Å². The Morgan fingerprint density at radius 1 is 1.11 bits per heavy atom. The van der Waals surface area contributed by atoms with E-state index in [0.717, 1.165) is 6.42 Å². The van der Waals surface area contributed by atoms with E-state index in [0.29, 0.717) is 35.0 Å². The van der Waals surface area contributed by atoms with Gasteiger partial charge in [0.15, 0.2) is 5.78 Å². The number of hydrogen-bond donors (Lipinski definition) is 2. The molecule has 3 heteroatoms. The molecule has 0 saturated heterocycles. The van der Waals surface area contributed by atoms with E-state index >= 15 is 0 Å². The predicted molar refractivity (Wildman–Crippen MR) is 112 cm³/mol.